The first-order valence-corrected chi connectivity index (χ1v) is 7.19. The van der Waals surface area contributed by atoms with Gasteiger partial charge in [-0.2, -0.15) is 0 Å². The second kappa shape index (κ2) is 6.15. The van der Waals surface area contributed by atoms with Crippen molar-refractivity contribution in [2.24, 2.45) is 0 Å². The van der Waals surface area contributed by atoms with Gasteiger partial charge in [-0.1, -0.05) is 12.1 Å². The summed E-state index contributed by atoms with van der Waals surface area (Å²) in [6.45, 7) is 0. The van der Waals surface area contributed by atoms with Crippen LogP contribution in [-0.4, -0.2) is 17.0 Å². The number of carbonyl (C=O) groups excluding carboxylic acids is 1. The van der Waals surface area contributed by atoms with Crippen LogP contribution in [0.5, 0.6) is 0 Å². The van der Waals surface area contributed by atoms with Gasteiger partial charge in [-0.25, -0.2) is 9.18 Å². The molecule has 0 radical (unpaired) electrons. The Balaban J connectivity index is 2.25. The summed E-state index contributed by atoms with van der Waals surface area (Å²) < 4.78 is 13.9. The molecule has 2 N–H and O–H groups in total. The van der Waals surface area contributed by atoms with Crippen molar-refractivity contribution in [3.05, 3.63) is 56.4 Å². The van der Waals surface area contributed by atoms with E-state index in [1.807, 2.05) is 0 Å². The van der Waals surface area contributed by atoms with Gasteiger partial charge in [0.2, 0.25) is 0 Å². The fraction of sp³-hybridized carbons (Fsp3) is 0.0769. The molecule has 0 spiro atoms. The quantitative estimate of drug-likeness (QED) is 0.882. The molecule has 1 aromatic carbocycles. The van der Waals surface area contributed by atoms with Crippen molar-refractivity contribution in [2.45, 2.75) is 6.04 Å². The second-order valence-electron chi connectivity index (χ2n) is 3.86. The number of halogens is 2. The Morgan fingerprint density at radius 3 is 2.65 bits per heavy atom. The van der Waals surface area contributed by atoms with Crippen LogP contribution in [0.25, 0.3) is 0 Å². The molecule has 2 rings (SSSR count). The van der Waals surface area contributed by atoms with Gasteiger partial charge in [0.25, 0.3) is 5.91 Å². The van der Waals surface area contributed by atoms with Crippen molar-refractivity contribution in [1.29, 1.82) is 0 Å². The molecule has 0 bridgehead atoms. The summed E-state index contributed by atoms with van der Waals surface area (Å²) in [5.41, 5.74) is -0.206. The molecular formula is C13H9BrFNO3S. The summed E-state index contributed by atoms with van der Waals surface area (Å²) in [7, 11) is 0. The van der Waals surface area contributed by atoms with Gasteiger partial charge in [0.1, 0.15) is 5.82 Å². The predicted molar refractivity (Wildman–Crippen MR) is 76.3 cm³/mol. The zero-order valence-corrected chi connectivity index (χ0v) is 12.4. The Morgan fingerprint density at radius 2 is 2.05 bits per heavy atom. The average molecular weight is 358 g/mol. The summed E-state index contributed by atoms with van der Waals surface area (Å²) in [4.78, 5) is 23.7. The molecule has 0 fully saturated rings. The van der Waals surface area contributed by atoms with Crippen molar-refractivity contribution in [1.82, 2.24) is 5.32 Å². The Kier molecular flexibility index (Phi) is 4.51. The fourth-order valence-corrected chi connectivity index (χ4v) is 2.73. The molecule has 0 aliphatic carbocycles. The second-order valence-corrected chi connectivity index (χ2v) is 5.70. The highest BCUT2D eigenvalue weighted by Crippen LogP contribution is 2.22. The largest absolute Gasteiger partial charge is 0.479 e. The summed E-state index contributed by atoms with van der Waals surface area (Å²) in [6, 6.07) is 6.34. The van der Waals surface area contributed by atoms with Crippen LogP contribution in [-0.2, 0) is 4.79 Å². The molecular weight excluding hydrogens is 349 g/mol. The van der Waals surface area contributed by atoms with Crippen LogP contribution in [0.3, 0.4) is 0 Å². The van der Waals surface area contributed by atoms with Crippen molar-refractivity contribution in [3.63, 3.8) is 0 Å². The van der Waals surface area contributed by atoms with Gasteiger partial charge in [0.15, 0.2) is 6.04 Å². The first kappa shape index (κ1) is 14.7. The Bertz CT molecular complexity index is 645. The van der Waals surface area contributed by atoms with E-state index < -0.39 is 23.7 Å². The number of carbonyl (C=O) groups is 2. The fourth-order valence-electron chi connectivity index (χ4n) is 1.60. The van der Waals surface area contributed by atoms with Gasteiger partial charge in [0, 0.05) is 4.88 Å². The van der Waals surface area contributed by atoms with Crippen LogP contribution in [0.15, 0.2) is 40.2 Å². The minimum Gasteiger partial charge on any atom is -0.479 e. The lowest BCUT2D eigenvalue weighted by molar-refractivity contribution is -0.139. The monoisotopic (exact) mass is 357 g/mol. The molecule has 0 aliphatic rings. The number of thiophene rings is 1. The van der Waals surface area contributed by atoms with Crippen molar-refractivity contribution in [2.75, 3.05) is 0 Å². The minimum absolute atomic E-state index is 0.146. The number of hydrogen-bond donors (Lipinski definition) is 2. The molecule has 1 heterocycles. The van der Waals surface area contributed by atoms with E-state index in [-0.39, 0.29) is 10.0 Å². The van der Waals surface area contributed by atoms with E-state index in [2.05, 4.69) is 21.2 Å². The van der Waals surface area contributed by atoms with Gasteiger partial charge < -0.3 is 10.4 Å². The molecule has 0 saturated heterocycles. The van der Waals surface area contributed by atoms with Gasteiger partial charge in [-0.3, -0.25) is 4.79 Å². The van der Waals surface area contributed by atoms with E-state index >= 15 is 0 Å². The first-order valence-electron chi connectivity index (χ1n) is 5.52. The van der Waals surface area contributed by atoms with Crippen LogP contribution in [0.2, 0.25) is 0 Å². The SMILES string of the molecule is O=C(NC(C(=O)O)c1cccs1)c1cccc(Br)c1F. The zero-order chi connectivity index (χ0) is 14.7. The van der Waals surface area contributed by atoms with Crippen LogP contribution in [0, 0.1) is 5.82 Å². The van der Waals surface area contributed by atoms with E-state index in [4.69, 9.17) is 5.11 Å². The third-order valence-corrected chi connectivity index (χ3v) is 4.10. The molecule has 7 heteroatoms. The number of hydrogen-bond acceptors (Lipinski definition) is 3. The van der Waals surface area contributed by atoms with Crippen LogP contribution >= 0.6 is 27.3 Å². The topological polar surface area (TPSA) is 66.4 Å². The van der Waals surface area contributed by atoms with E-state index in [0.29, 0.717) is 4.88 Å². The highest BCUT2D eigenvalue weighted by atomic mass is 79.9. The summed E-state index contributed by atoms with van der Waals surface area (Å²) in [6.07, 6.45) is 0. The molecule has 4 nitrogen and oxygen atoms in total. The molecule has 1 atom stereocenters. The maximum atomic E-state index is 13.8. The molecule has 0 aliphatic heterocycles. The van der Waals surface area contributed by atoms with E-state index in [9.17, 15) is 14.0 Å². The van der Waals surface area contributed by atoms with Crippen LogP contribution in [0.4, 0.5) is 4.39 Å². The number of nitrogens with one attached hydrogen (secondary N) is 1. The van der Waals surface area contributed by atoms with Gasteiger partial charge in [-0.15, -0.1) is 11.3 Å². The molecule has 2 aromatic rings. The third kappa shape index (κ3) is 3.05. The highest BCUT2D eigenvalue weighted by Gasteiger charge is 2.25. The van der Waals surface area contributed by atoms with Gasteiger partial charge in [0.05, 0.1) is 10.0 Å². The Hall–Kier alpha value is -1.73. The van der Waals surface area contributed by atoms with E-state index in [1.54, 1.807) is 17.5 Å². The lowest BCUT2D eigenvalue weighted by atomic mass is 10.1. The van der Waals surface area contributed by atoms with Crippen molar-refractivity contribution >= 4 is 39.1 Å². The summed E-state index contributed by atoms with van der Waals surface area (Å²) in [5, 5.41) is 13.2. The maximum Gasteiger partial charge on any atom is 0.331 e. The lowest BCUT2D eigenvalue weighted by Crippen LogP contribution is -2.33. The summed E-state index contributed by atoms with van der Waals surface area (Å²) in [5.74, 6) is -2.69. The highest BCUT2D eigenvalue weighted by molar-refractivity contribution is 9.10. The maximum absolute atomic E-state index is 13.8. The number of rotatable bonds is 4. The van der Waals surface area contributed by atoms with Crippen LogP contribution in [0.1, 0.15) is 21.3 Å². The number of aliphatic carboxylic acids is 1. The molecule has 104 valence electrons. The molecule has 1 aromatic heterocycles. The number of amides is 1. The summed E-state index contributed by atoms with van der Waals surface area (Å²) >= 11 is 4.18. The van der Waals surface area contributed by atoms with Crippen molar-refractivity contribution in [3.8, 4) is 0 Å². The molecule has 20 heavy (non-hydrogen) atoms. The minimum atomic E-state index is -1.20. The predicted octanol–water partition coefficient (Wildman–Crippen LogP) is 3.21. The van der Waals surface area contributed by atoms with Gasteiger partial charge in [-0.05, 0) is 39.5 Å². The zero-order valence-electron chi connectivity index (χ0n) is 9.97. The normalized spacial score (nSPS) is 11.9. The Morgan fingerprint density at radius 1 is 1.30 bits per heavy atom. The van der Waals surface area contributed by atoms with Crippen LogP contribution < -0.4 is 5.32 Å². The number of carboxylic acids is 1. The Labute approximate surface area is 126 Å². The van der Waals surface area contributed by atoms with E-state index in [0.717, 1.165) is 0 Å². The number of benzene rings is 1. The molecule has 0 saturated carbocycles. The van der Waals surface area contributed by atoms with E-state index in [1.165, 1.54) is 29.5 Å². The number of carboxylic acid groups (broad SMARTS) is 1. The molecule has 1 amide bonds. The lowest BCUT2D eigenvalue weighted by Gasteiger charge is -2.13. The standard InChI is InChI=1S/C13H9BrFNO3S/c14-8-4-1-3-7(10(8)15)12(17)16-11(13(18)19)9-5-2-6-20-9/h1-6,11H,(H,16,17)(H,18,19). The third-order valence-electron chi connectivity index (χ3n) is 2.55. The molecule has 1 unspecified atom stereocenters. The first-order chi connectivity index (χ1) is 9.50. The smallest absolute Gasteiger partial charge is 0.331 e. The average Bonchev–Trinajstić information content (AvgIpc) is 2.92. The van der Waals surface area contributed by atoms with Crippen molar-refractivity contribution < 1.29 is 19.1 Å². The van der Waals surface area contributed by atoms with Gasteiger partial charge >= 0.3 is 5.97 Å².